The van der Waals surface area contributed by atoms with Gasteiger partial charge in [0.1, 0.15) is 18.4 Å². The average Bonchev–Trinajstić information content (AvgIpc) is 3.70. The Balaban J connectivity index is 1.29. The Bertz CT molecular complexity index is 2460. The minimum absolute atomic E-state index is 0.0386. The van der Waals surface area contributed by atoms with E-state index >= 15 is 0 Å². The van der Waals surface area contributed by atoms with Crippen molar-refractivity contribution in [1.82, 2.24) is 15.1 Å². The van der Waals surface area contributed by atoms with Gasteiger partial charge in [-0.25, -0.2) is 9.59 Å². The molecule has 0 amide bonds. The largest absolute Gasteiger partial charge is 0.504 e. The summed E-state index contributed by atoms with van der Waals surface area (Å²) < 4.78 is 80.5. The molecular formula is C42H41F3N4O11S. The van der Waals surface area contributed by atoms with Crippen molar-refractivity contribution in [2.24, 2.45) is 0 Å². The number of carbonyl (C=O) groups is 3. The highest BCUT2D eigenvalue weighted by atomic mass is 32.2. The van der Waals surface area contributed by atoms with Gasteiger partial charge < -0.3 is 38.3 Å². The highest BCUT2D eigenvalue weighted by Gasteiger charge is 2.62. The van der Waals surface area contributed by atoms with Crippen molar-refractivity contribution < 1.29 is 65.8 Å². The van der Waals surface area contributed by atoms with Crippen LogP contribution in [-0.2, 0) is 37.5 Å². The van der Waals surface area contributed by atoms with Crippen LogP contribution in [0.15, 0.2) is 18.2 Å². The number of nitriles is 1. The first-order chi connectivity index (χ1) is 29.1. The molecule has 10 rings (SSSR count). The third-order valence-electron chi connectivity index (χ3n) is 12.9. The van der Waals surface area contributed by atoms with Crippen LogP contribution in [0, 0.1) is 25.2 Å². The number of carbonyl (C=O) groups excluding carboxylic acids is 3. The Morgan fingerprint density at radius 2 is 1.77 bits per heavy atom. The second kappa shape index (κ2) is 14.6. The van der Waals surface area contributed by atoms with Crippen LogP contribution in [-0.4, -0.2) is 104 Å². The van der Waals surface area contributed by atoms with E-state index in [1.165, 1.54) is 45.0 Å². The van der Waals surface area contributed by atoms with Gasteiger partial charge in [0.2, 0.25) is 6.79 Å². The summed E-state index contributed by atoms with van der Waals surface area (Å²) in [6.07, 6.45) is -4.62. The van der Waals surface area contributed by atoms with E-state index in [2.05, 4.69) is 21.2 Å². The topological polar surface area (TPSA) is 178 Å². The number of methoxy groups -OCH3 is 2. The number of hydrogen-bond acceptors (Lipinski definition) is 16. The standard InChI is InChI=1S/C42H41F3N4O11S/c1-17-9-21-10-23-24(13-46)49-25-14-56-39(52)41(22-12-26(54-5)27(11-20(22)7-8-47-41)60-40(53)42(43,44)45)15-61-38(32(49)31(48(23)4)28(21)33(51)34(17)55-6)30-29(25)37-36(57-16-58-37)18(2)35(30)59-19(3)50/h9,11-12,23-25,31-32,38,47,51H,7-8,10,14-16H2,1-6H3/t23-,24-,25-,31+,32?,38+,41+/m0/s1. The predicted molar refractivity (Wildman–Crippen MR) is 208 cm³/mol. The quantitative estimate of drug-likeness (QED) is 0.271. The normalized spacial score (nSPS) is 27.4. The SMILES string of the molecule is COc1cc2c(cc1OC(=O)C(F)(F)F)CCN[C@]21CS[C@@H]2c3c(OC(C)=O)c(C)c4c(c3[C@H](COC1=O)N1C2[C@H]2c3c(cc(C)c(OC)c3O)C[C@@H]([C@@H]1C#N)N2C)OCO4. The molecule has 61 heavy (non-hydrogen) atoms. The number of alkyl halides is 3. The highest BCUT2D eigenvalue weighted by molar-refractivity contribution is 7.99. The van der Waals surface area contributed by atoms with Crippen molar-refractivity contribution in [2.75, 3.05) is 47.0 Å². The number of phenolic OH excluding ortho intramolecular Hbond substituents is 1. The van der Waals surface area contributed by atoms with Gasteiger partial charge in [-0.05, 0) is 68.1 Å². The minimum atomic E-state index is -5.28. The van der Waals surface area contributed by atoms with Crippen LogP contribution in [0.5, 0.6) is 40.2 Å². The predicted octanol–water partition coefficient (Wildman–Crippen LogP) is 4.75. The Hall–Kier alpha value is -5.42. The number of halogens is 3. The summed E-state index contributed by atoms with van der Waals surface area (Å²) >= 11 is 1.32. The van der Waals surface area contributed by atoms with Crippen molar-refractivity contribution >= 4 is 29.7 Å². The molecule has 1 unspecified atom stereocenters. The molecule has 0 aliphatic carbocycles. The molecule has 3 aromatic rings. The minimum Gasteiger partial charge on any atom is -0.504 e. The molecule has 3 aromatic carbocycles. The number of likely N-dealkylation sites (N-methyl/N-ethyl adjacent to an activating group) is 1. The number of nitrogens with one attached hydrogen (secondary N) is 1. The number of thioether (sulfide) groups is 1. The van der Waals surface area contributed by atoms with Gasteiger partial charge in [0.05, 0.1) is 37.6 Å². The maximum atomic E-state index is 14.9. The van der Waals surface area contributed by atoms with E-state index < -0.39 is 64.8 Å². The van der Waals surface area contributed by atoms with E-state index in [0.29, 0.717) is 57.1 Å². The fraction of sp³-hybridized carbons (Fsp3) is 0.476. The van der Waals surface area contributed by atoms with E-state index in [0.717, 1.165) is 11.1 Å². The number of rotatable bonds is 4. The molecule has 0 aromatic heterocycles. The van der Waals surface area contributed by atoms with Crippen LogP contribution in [0.1, 0.15) is 68.8 Å². The van der Waals surface area contributed by atoms with Crippen molar-refractivity contribution in [3.05, 3.63) is 62.7 Å². The maximum absolute atomic E-state index is 14.9. The summed E-state index contributed by atoms with van der Waals surface area (Å²) in [6.45, 7) is 4.61. The summed E-state index contributed by atoms with van der Waals surface area (Å²) in [5.74, 6) is -3.27. The van der Waals surface area contributed by atoms with Crippen molar-refractivity contribution in [3.63, 3.8) is 0 Å². The number of phenols is 1. The smallest absolute Gasteiger partial charge is 0.491 e. The molecule has 2 saturated heterocycles. The molecule has 0 saturated carbocycles. The van der Waals surface area contributed by atoms with Gasteiger partial charge in [-0.2, -0.15) is 18.4 Å². The van der Waals surface area contributed by atoms with Crippen molar-refractivity contribution in [3.8, 4) is 46.3 Å². The number of ether oxygens (including phenoxy) is 7. The molecule has 0 radical (unpaired) electrons. The molecule has 7 atom stereocenters. The third kappa shape index (κ3) is 6.00. The van der Waals surface area contributed by atoms with E-state index in [4.69, 9.17) is 33.2 Å². The van der Waals surface area contributed by atoms with Crippen molar-refractivity contribution in [1.29, 1.82) is 5.26 Å². The molecule has 2 fully saturated rings. The lowest BCUT2D eigenvalue weighted by atomic mass is 9.71. The highest BCUT2D eigenvalue weighted by Crippen LogP contribution is 2.64. The molecule has 15 nitrogen and oxygen atoms in total. The number of esters is 3. The molecule has 7 aliphatic heterocycles. The van der Waals surface area contributed by atoms with E-state index in [1.54, 1.807) is 6.92 Å². The van der Waals surface area contributed by atoms with Crippen LogP contribution in [0.25, 0.3) is 0 Å². The van der Waals surface area contributed by atoms with Gasteiger partial charge in [-0.3, -0.25) is 19.9 Å². The molecule has 7 aliphatic rings. The van der Waals surface area contributed by atoms with Crippen LogP contribution >= 0.6 is 11.8 Å². The zero-order valence-corrected chi connectivity index (χ0v) is 34.7. The lowest BCUT2D eigenvalue weighted by Crippen LogP contribution is -2.69. The van der Waals surface area contributed by atoms with Gasteiger partial charge in [0, 0.05) is 53.6 Å². The Morgan fingerprint density at radius 3 is 2.46 bits per heavy atom. The summed E-state index contributed by atoms with van der Waals surface area (Å²) in [6, 6.07) is 3.89. The second-order valence-corrected chi connectivity index (χ2v) is 17.1. The summed E-state index contributed by atoms with van der Waals surface area (Å²) in [5, 5.41) is 25.9. The third-order valence-corrected chi connectivity index (χ3v) is 14.3. The monoisotopic (exact) mass is 866 g/mol. The van der Waals surface area contributed by atoms with E-state index in [-0.39, 0.29) is 55.4 Å². The van der Waals surface area contributed by atoms with Crippen LogP contribution in [0.3, 0.4) is 0 Å². The second-order valence-electron chi connectivity index (χ2n) is 16.0. The molecular weight excluding hydrogens is 826 g/mol. The Kier molecular flexibility index (Phi) is 9.81. The zero-order chi connectivity index (χ0) is 43.4. The fourth-order valence-electron chi connectivity index (χ4n) is 10.4. The van der Waals surface area contributed by atoms with Crippen molar-refractivity contribution in [2.45, 2.75) is 80.8 Å². The zero-order valence-electron chi connectivity index (χ0n) is 33.9. The lowest BCUT2D eigenvalue weighted by molar-refractivity contribution is -0.189. The van der Waals surface area contributed by atoms with Gasteiger partial charge in [0.25, 0.3) is 0 Å². The number of fused-ring (bicyclic) bond motifs is 9. The number of aryl methyl sites for hydroxylation is 1. The average molecular weight is 867 g/mol. The molecule has 4 bridgehead atoms. The van der Waals surface area contributed by atoms with Crippen LogP contribution in [0.2, 0.25) is 0 Å². The summed E-state index contributed by atoms with van der Waals surface area (Å²) in [7, 11) is 4.60. The fourth-order valence-corrected chi connectivity index (χ4v) is 12.1. The molecule has 1 spiro atoms. The Labute approximate surface area is 351 Å². The Morgan fingerprint density at radius 1 is 1.02 bits per heavy atom. The number of nitrogens with zero attached hydrogens (tertiary/aromatic N) is 3. The molecule has 322 valence electrons. The number of piperazine rings is 1. The van der Waals surface area contributed by atoms with Gasteiger partial charge >= 0.3 is 24.1 Å². The lowest BCUT2D eigenvalue weighted by Gasteiger charge is -2.62. The molecule has 7 heterocycles. The van der Waals surface area contributed by atoms with Crippen LogP contribution in [0.4, 0.5) is 13.2 Å². The first kappa shape index (κ1) is 41.0. The van der Waals surface area contributed by atoms with E-state index in [9.17, 15) is 37.9 Å². The number of aromatic hydroxyl groups is 1. The van der Waals surface area contributed by atoms with Gasteiger partial charge in [0.15, 0.2) is 40.0 Å². The van der Waals surface area contributed by atoms with Gasteiger partial charge in [-0.1, -0.05) is 6.07 Å². The maximum Gasteiger partial charge on any atom is 0.491 e. The first-order valence-corrected chi connectivity index (χ1v) is 20.6. The number of hydrogen-bond donors (Lipinski definition) is 2. The first-order valence-electron chi connectivity index (χ1n) is 19.5. The number of benzene rings is 3. The molecule has 19 heteroatoms. The summed E-state index contributed by atoms with van der Waals surface area (Å²) in [5.41, 5.74) is 2.91. The summed E-state index contributed by atoms with van der Waals surface area (Å²) in [4.78, 5) is 44.0. The van der Waals surface area contributed by atoms with Crippen LogP contribution < -0.4 is 33.7 Å². The van der Waals surface area contributed by atoms with Gasteiger partial charge in [-0.15, -0.1) is 11.8 Å². The van der Waals surface area contributed by atoms with E-state index in [1.807, 2.05) is 20.0 Å². The molecule has 2 N–H and O–H groups in total.